The fraction of sp³-hybridized carbons (Fsp3) is 1.00. The first-order valence-electron chi connectivity index (χ1n) is 5.57. The van der Waals surface area contributed by atoms with Gasteiger partial charge in [0.05, 0.1) is 19.4 Å². The summed E-state index contributed by atoms with van der Waals surface area (Å²) in [7, 11) is 1.27. The van der Waals surface area contributed by atoms with Gasteiger partial charge in [0.2, 0.25) is 0 Å². The number of hydrogen-bond donors (Lipinski definition) is 0. The number of hydrogen-bond acceptors (Lipinski definition) is 4. The summed E-state index contributed by atoms with van der Waals surface area (Å²) in [5, 5.41) is 0. The third-order valence-electron chi connectivity index (χ3n) is 1.94. The van der Waals surface area contributed by atoms with Gasteiger partial charge in [-0.2, -0.15) is 0 Å². The molecule has 0 aliphatic rings. The minimum absolute atomic E-state index is 0.449. The Morgan fingerprint density at radius 3 is 2.00 bits per heavy atom. The molecule has 0 heterocycles. The van der Waals surface area contributed by atoms with Gasteiger partial charge in [-0.05, 0) is 47.3 Å². The molecule has 0 atom stereocenters. The molecule has 0 unspecified atom stereocenters. The molecule has 0 amide bonds. The first-order chi connectivity index (χ1) is 7.04. The second-order valence-corrected chi connectivity index (χ2v) is 5.87. The highest BCUT2D eigenvalue weighted by Crippen LogP contribution is 2.48. The maximum atomic E-state index is 12.0. The summed E-state index contributed by atoms with van der Waals surface area (Å²) >= 11 is 0. The van der Waals surface area contributed by atoms with E-state index in [1.165, 1.54) is 0 Å². The van der Waals surface area contributed by atoms with Crippen LogP contribution in [0.4, 0.5) is 0 Å². The Morgan fingerprint density at radius 1 is 1.07 bits per heavy atom. The molecule has 0 bridgehead atoms. The maximum absolute atomic E-state index is 12.0. The lowest BCUT2D eigenvalue weighted by Gasteiger charge is -2.17. The summed E-state index contributed by atoms with van der Waals surface area (Å²) in [5.41, 5.74) is 0. The zero-order valence-corrected chi connectivity index (χ0v) is 11.3. The minimum Gasteiger partial charge on any atom is -0.309 e. The van der Waals surface area contributed by atoms with Crippen molar-refractivity contribution in [1.82, 2.24) is 4.90 Å². The van der Waals surface area contributed by atoms with Gasteiger partial charge in [-0.3, -0.25) is 4.57 Å². The van der Waals surface area contributed by atoms with E-state index in [2.05, 4.69) is 4.90 Å². The number of nitrogens with zero attached hydrogens (tertiary/aromatic N) is 1. The topological polar surface area (TPSA) is 38.8 Å². The predicted octanol–water partition coefficient (Wildman–Crippen LogP) is 2.59. The van der Waals surface area contributed by atoms with Crippen molar-refractivity contribution in [2.75, 3.05) is 40.0 Å². The lowest BCUT2D eigenvalue weighted by atomic mass is 10.3. The van der Waals surface area contributed by atoms with Gasteiger partial charge < -0.3 is 13.9 Å². The molecule has 15 heavy (non-hydrogen) atoms. The smallest absolute Gasteiger partial charge is 0.309 e. The molecule has 0 spiro atoms. The SMILES string of the molecule is CCOP(=O)(CCCCN(C)C)OCC. The Morgan fingerprint density at radius 2 is 1.60 bits per heavy atom. The first-order valence-corrected chi connectivity index (χ1v) is 7.29. The summed E-state index contributed by atoms with van der Waals surface area (Å²) in [5.74, 6) is 0. The monoisotopic (exact) mass is 237 g/mol. The molecule has 0 aromatic carbocycles. The molecular formula is C10H24NO3P. The van der Waals surface area contributed by atoms with Crippen LogP contribution in [0.2, 0.25) is 0 Å². The molecule has 92 valence electrons. The minimum atomic E-state index is -2.80. The molecule has 0 aliphatic heterocycles. The third-order valence-corrected chi connectivity index (χ3v) is 4.11. The van der Waals surface area contributed by atoms with Gasteiger partial charge in [0.25, 0.3) is 0 Å². The molecule has 5 heteroatoms. The second kappa shape index (κ2) is 8.28. The summed E-state index contributed by atoms with van der Waals surface area (Å²) < 4.78 is 22.4. The molecule has 0 fully saturated rings. The van der Waals surface area contributed by atoms with E-state index in [0.717, 1.165) is 19.4 Å². The average molecular weight is 237 g/mol. The highest BCUT2D eigenvalue weighted by atomic mass is 31.2. The van der Waals surface area contributed by atoms with E-state index in [1.54, 1.807) is 0 Å². The van der Waals surface area contributed by atoms with E-state index < -0.39 is 7.60 Å². The normalized spacial score (nSPS) is 12.3. The Labute approximate surface area is 93.5 Å². The molecule has 0 saturated carbocycles. The standard InChI is InChI=1S/C10H24NO3P/c1-5-13-15(12,14-6-2)10-8-7-9-11(3)4/h5-10H2,1-4H3. The van der Waals surface area contributed by atoms with Crippen molar-refractivity contribution in [3.05, 3.63) is 0 Å². The van der Waals surface area contributed by atoms with Crippen LogP contribution in [0, 0.1) is 0 Å². The Hall–Kier alpha value is 0.110. The van der Waals surface area contributed by atoms with Crippen molar-refractivity contribution in [3.8, 4) is 0 Å². The predicted molar refractivity (Wildman–Crippen MR) is 63.5 cm³/mol. The van der Waals surface area contributed by atoms with Gasteiger partial charge in [-0.15, -0.1) is 0 Å². The molecule has 0 aromatic rings. The highest BCUT2D eigenvalue weighted by Gasteiger charge is 2.22. The van der Waals surface area contributed by atoms with Crippen LogP contribution < -0.4 is 0 Å². The third kappa shape index (κ3) is 7.97. The Bertz CT molecular complexity index is 187. The van der Waals surface area contributed by atoms with Crippen LogP contribution in [-0.4, -0.2) is 44.9 Å². The van der Waals surface area contributed by atoms with E-state index in [-0.39, 0.29) is 0 Å². The van der Waals surface area contributed by atoms with Crippen LogP contribution in [0.25, 0.3) is 0 Å². The summed E-state index contributed by atoms with van der Waals surface area (Å²) in [4.78, 5) is 2.12. The van der Waals surface area contributed by atoms with Crippen molar-refractivity contribution in [2.24, 2.45) is 0 Å². The van der Waals surface area contributed by atoms with Crippen molar-refractivity contribution < 1.29 is 13.6 Å². The van der Waals surface area contributed by atoms with Gasteiger partial charge in [0, 0.05) is 0 Å². The Balaban J connectivity index is 3.80. The summed E-state index contributed by atoms with van der Waals surface area (Å²) in [6.07, 6.45) is 2.44. The lowest BCUT2D eigenvalue weighted by Crippen LogP contribution is -2.13. The second-order valence-electron chi connectivity index (χ2n) is 3.68. The van der Waals surface area contributed by atoms with Gasteiger partial charge in [0.15, 0.2) is 0 Å². The zero-order valence-electron chi connectivity index (χ0n) is 10.4. The van der Waals surface area contributed by atoms with E-state index >= 15 is 0 Å². The molecule has 0 aromatic heterocycles. The fourth-order valence-corrected chi connectivity index (χ4v) is 3.02. The number of unbranched alkanes of at least 4 members (excludes halogenated alkanes) is 1. The maximum Gasteiger partial charge on any atom is 0.330 e. The highest BCUT2D eigenvalue weighted by molar-refractivity contribution is 7.53. The van der Waals surface area contributed by atoms with Crippen LogP contribution in [0.1, 0.15) is 26.7 Å². The van der Waals surface area contributed by atoms with Crippen molar-refractivity contribution in [1.29, 1.82) is 0 Å². The van der Waals surface area contributed by atoms with Crippen LogP contribution in [0.15, 0.2) is 0 Å². The van der Waals surface area contributed by atoms with Gasteiger partial charge in [-0.1, -0.05) is 0 Å². The molecular weight excluding hydrogens is 213 g/mol. The lowest BCUT2D eigenvalue weighted by molar-refractivity contribution is 0.219. The van der Waals surface area contributed by atoms with E-state index in [1.807, 2.05) is 27.9 Å². The van der Waals surface area contributed by atoms with Crippen molar-refractivity contribution in [3.63, 3.8) is 0 Å². The van der Waals surface area contributed by atoms with Crippen LogP contribution in [0.5, 0.6) is 0 Å². The van der Waals surface area contributed by atoms with E-state index in [9.17, 15) is 4.57 Å². The number of rotatable bonds is 9. The largest absolute Gasteiger partial charge is 0.330 e. The van der Waals surface area contributed by atoms with Crippen LogP contribution in [0.3, 0.4) is 0 Å². The quantitative estimate of drug-likeness (QED) is 0.456. The Kier molecular flexibility index (Phi) is 8.34. The molecule has 4 nitrogen and oxygen atoms in total. The van der Waals surface area contributed by atoms with Crippen LogP contribution >= 0.6 is 7.60 Å². The van der Waals surface area contributed by atoms with E-state index in [4.69, 9.17) is 9.05 Å². The fourth-order valence-electron chi connectivity index (χ4n) is 1.29. The van der Waals surface area contributed by atoms with Crippen molar-refractivity contribution in [2.45, 2.75) is 26.7 Å². The molecule has 0 rings (SSSR count). The summed E-state index contributed by atoms with van der Waals surface area (Å²) in [6, 6.07) is 0. The molecule has 0 N–H and O–H groups in total. The van der Waals surface area contributed by atoms with E-state index in [0.29, 0.717) is 19.4 Å². The van der Waals surface area contributed by atoms with Gasteiger partial charge in [-0.25, -0.2) is 0 Å². The average Bonchev–Trinajstić information content (AvgIpc) is 2.13. The molecule has 0 aliphatic carbocycles. The van der Waals surface area contributed by atoms with Gasteiger partial charge >= 0.3 is 7.60 Å². The van der Waals surface area contributed by atoms with Gasteiger partial charge in [0.1, 0.15) is 0 Å². The zero-order chi connectivity index (χ0) is 11.7. The van der Waals surface area contributed by atoms with Crippen LogP contribution in [-0.2, 0) is 13.6 Å². The molecule has 0 radical (unpaired) electrons. The van der Waals surface area contributed by atoms with Crippen molar-refractivity contribution >= 4 is 7.60 Å². The molecule has 0 saturated heterocycles. The first kappa shape index (κ1) is 15.1. The summed E-state index contributed by atoms with van der Waals surface area (Å²) in [6.45, 7) is 5.59.